The van der Waals surface area contributed by atoms with Crippen molar-refractivity contribution in [2.75, 3.05) is 0 Å². The van der Waals surface area contributed by atoms with Gasteiger partial charge in [0.1, 0.15) is 11.6 Å². The SMILES string of the molecule is N#CC(C(=O)c1ccccc1)=C(C(=S)C(Br)=CBr)C(=S)C(Br)=CBr. The molecule has 1 rings (SSSR count). The van der Waals surface area contributed by atoms with E-state index in [0.29, 0.717) is 14.5 Å². The van der Waals surface area contributed by atoms with E-state index in [4.69, 9.17) is 24.4 Å². The third kappa shape index (κ3) is 5.35. The maximum absolute atomic E-state index is 12.8. The molecule has 0 aliphatic carbocycles. The number of halogens is 4. The lowest BCUT2D eigenvalue weighted by Gasteiger charge is -2.12. The van der Waals surface area contributed by atoms with Gasteiger partial charge in [0.2, 0.25) is 5.78 Å². The molecule has 1 aromatic rings. The molecule has 0 fully saturated rings. The number of benzene rings is 1. The normalized spacial score (nSPS) is 11.5. The summed E-state index contributed by atoms with van der Waals surface area (Å²) in [6, 6.07) is 10.5. The van der Waals surface area contributed by atoms with Crippen LogP contribution in [0.1, 0.15) is 10.4 Å². The monoisotopic (exact) mass is 609 g/mol. The molecular weight excluding hydrogens is 606 g/mol. The van der Waals surface area contributed by atoms with E-state index in [1.54, 1.807) is 40.3 Å². The number of allylic oxidation sites excluding steroid dienone is 4. The summed E-state index contributed by atoms with van der Waals surface area (Å²) < 4.78 is 0.997. The first kappa shape index (κ1) is 21.7. The third-order valence-electron chi connectivity index (χ3n) is 2.70. The summed E-state index contributed by atoms with van der Waals surface area (Å²) in [6.45, 7) is 0. The van der Waals surface area contributed by atoms with Crippen LogP contribution >= 0.6 is 88.2 Å². The van der Waals surface area contributed by atoms with E-state index in [0.717, 1.165) is 0 Å². The number of nitriles is 1. The average molecular weight is 613 g/mol. The fourth-order valence-corrected chi connectivity index (χ4v) is 3.37. The highest BCUT2D eigenvalue weighted by atomic mass is 79.9. The van der Waals surface area contributed by atoms with E-state index in [1.807, 2.05) is 6.07 Å². The molecule has 0 saturated heterocycles. The minimum absolute atomic E-state index is 0.117. The molecule has 0 heterocycles. The second-order valence-electron chi connectivity index (χ2n) is 4.13. The lowest BCUT2D eigenvalue weighted by atomic mass is 9.95. The molecule has 0 aromatic heterocycles. The van der Waals surface area contributed by atoms with E-state index < -0.39 is 5.78 Å². The maximum Gasteiger partial charge on any atom is 0.204 e. The summed E-state index contributed by atoms with van der Waals surface area (Å²) in [6.07, 6.45) is 0. The number of thiocarbonyl (C=S) groups is 2. The summed E-state index contributed by atoms with van der Waals surface area (Å²) in [5.74, 6) is -0.442. The molecule has 0 N–H and O–H groups in total. The van der Waals surface area contributed by atoms with Gasteiger partial charge in [-0.15, -0.1) is 0 Å². The Hall–Kier alpha value is -0.300. The third-order valence-corrected chi connectivity index (χ3v) is 7.47. The second kappa shape index (κ2) is 10.6. The number of carbonyl (C=O) groups is 1. The highest BCUT2D eigenvalue weighted by Crippen LogP contribution is 2.27. The van der Waals surface area contributed by atoms with Crippen LogP contribution in [0.2, 0.25) is 0 Å². The summed E-state index contributed by atoms with van der Waals surface area (Å²) in [5, 5.41) is 9.59. The second-order valence-corrected chi connectivity index (χ2v) is 7.57. The Bertz CT molecular complexity index is 788. The largest absolute Gasteiger partial charge is 0.288 e. The van der Waals surface area contributed by atoms with Crippen LogP contribution in [-0.2, 0) is 0 Å². The predicted octanol–water partition coefficient (Wildman–Crippen LogP) is 6.69. The van der Waals surface area contributed by atoms with Crippen LogP contribution in [0.3, 0.4) is 0 Å². The molecule has 0 amide bonds. The van der Waals surface area contributed by atoms with Crippen molar-refractivity contribution in [2.24, 2.45) is 0 Å². The van der Waals surface area contributed by atoms with Crippen LogP contribution in [0.15, 0.2) is 60.4 Å². The fraction of sp³-hybridized carbons (Fsp3) is 0. The number of rotatable bonds is 6. The Kier molecular flexibility index (Phi) is 9.64. The van der Waals surface area contributed by atoms with Crippen LogP contribution in [0.4, 0.5) is 0 Å². The zero-order valence-corrected chi connectivity index (χ0v) is 19.7. The fourth-order valence-electron chi connectivity index (χ4n) is 1.62. The first-order chi connectivity index (χ1) is 11.4. The van der Waals surface area contributed by atoms with Gasteiger partial charge in [-0.2, -0.15) is 5.26 Å². The molecule has 122 valence electrons. The van der Waals surface area contributed by atoms with E-state index >= 15 is 0 Å². The number of nitrogens with zero attached hydrogens (tertiary/aromatic N) is 1. The smallest absolute Gasteiger partial charge is 0.204 e. The van der Waals surface area contributed by atoms with Gasteiger partial charge >= 0.3 is 0 Å². The van der Waals surface area contributed by atoms with Crippen LogP contribution in [-0.4, -0.2) is 15.5 Å². The van der Waals surface area contributed by atoms with Crippen LogP contribution in [0.25, 0.3) is 0 Å². The van der Waals surface area contributed by atoms with Crippen molar-refractivity contribution < 1.29 is 4.79 Å². The maximum atomic E-state index is 12.8. The van der Waals surface area contributed by atoms with Crippen LogP contribution in [0, 0.1) is 11.3 Å². The highest BCUT2D eigenvalue weighted by molar-refractivity contribution is 9.14. The Balaban J connectivity index is 3.67. The van der Waals surface area contributed by atoms with E-state index in [9.17, 15) is 10.1 Å². The standard InChI is InChI=1S/C16H7Br4NOS2/c17-6-11(19)15(23)13(16(24)12(20)7-18)10(8-21)14(22)9-4-2-1-3-5-9/h1-7H. The zero-order valence-electron chi connectivity index (χ0n) is 11.7. The van der Waals surface area contributed by atoms with E-state index in [1.165, 1.54) is 0 Å². The Morgan fingerprint density at radius 2 is 1.46 bits per heavy atom. The summed E-state index contributed by atoms with van der Waals surface area (Å²) in [5.41, 5.74) is 0.477. The van der Waals surface area contributed by atoms with Crippen molar-refractivity contribution in [2.45, 2.75) is 0 Å². The molecule has 0 bridgehead atoms. The Morgan fingerprint density at radius 3 is 1.83 bits per heavy atom. The minimum atomic E-state index is -0.442. The van der Waals surface area contributed by atoms with Gasteiger partial charge in [-0.1, -0.05) is 86.6 Å². The van der Waals surface area contributed by atoms with E-state index in [2.05, 4.69) is 63.7 Å². The van der Waals surface area contributed by atoms with Gasteiger partial charge in [0, 0.05) is 20.1 Å². The van der Waals surface area contributed by atoms with Gasteiger partial charge in [0.15, 0.2) is 0 Å². The van der Waals surface area contributed by atoms with Crippen molar-refractivity contribution in [3.63, 3.8) is 0 Å². The molecule has 0 spiro atoms. The summed E-state index contributed by atoms with van der Waals surface area (Å²) >= 11 is 23.7. The number of hydrogen-bond donors (Lipinski definition) is 0. The van der Waals surface area contributed by atoms with Crippen molar-refractivity contribution in [3.8, 4) is 6.07 Å². The van der Waals surface area contributed by atoms with E-state index in [-0.39, 0.29) is 20.9 Å². The van der Waals surface area contributed by atoms with Crippen molar-refractivity contribution in [3.05, 3.63) is 66.0 Å². The molecule has 2 nitrogen and oxygen atoms in total. The predicted molar refractivity (Wildman–Crippen MR) is 120 cm³/mol. The molecule has 0 saturated carbocycles. The topological polar surface area (TPSA) is 40.9 Å². The van der Waals surface area contributed by atoms with Gasteiger partial charge in [-0.3, -0.25) is 4.79 Å². The number of hydrogen-bond acceptors (Lipinski definition) is 4. The van der Waals surface area contributed by atoms with Gasteiger partial charge in [0.05, 0.1) is 9.73 Å². The highest BCUT2D eigenvalue weighted by Gasteiger charge is 2.25. The molecule has 0 aliphatic heterocycles. The van der Waals surface area contributed by atoms with Crippen molar-refractivity contribution in [1.82, 2.24) is 0 Å². The van der Waals surface area contributed by atoms with Crippen molar-refractivity contribution in [1.29, 1.82) is 5.26 Å². The zero-order chi connectivity index (χ0) is 18.3. The van der Waals surface area contributed by atoms with Gasteiger partial charge in [0.25, 0.3) is 0 Å². The minimum Gasteiger partial charge on any atom is -0.288 e. The molecular formula is C16H7Br4NOS2. The Morgan fingerprint density at radius 1 is 1.00 bits per heavy atom. The first-order valence-electron chi connectivity index (χ1n) is 6.14. The first-order valence-corrected chi connectivity index (χ1v) is 10.4. The van der Waals surface area contributed by atoms with Gasteiger partial charge in [-0.25, -0.2) is 0 Å². The average Bonchev–Trinajstić information content (AvgIpc) is 2.63. The lowest BCUT2D eigenvalue weighted by molar-refractivity contribution is 0.103. The molecule has 0 atom stereocenters. The molecule has 0 aliphatic rings. The van der Waals surface area contributed by atoms with Crippen LogP contribution < -0.4 is 0 Å². The van der Waals surface area contributed by atoms with Gasteiger partial charge in [-0.05, 0) is 41.8 Å². The molecule has 1 aromatic carbocycles. The quantitative estimate of drug-likeness (QED) is 0.155. The number of Topliss-reactive ketones (excluding diaryl/α,β-unsaturated/α-hetero) is 1. The van der Waals surface area contributed by atoms with Crippen molar-refractivity contribution >= 4 is 104 Å². The Labute approximate surface area is 184 Å². The summed E-state index contributed by atoms with van der Waals surface area (Å²) in [4.78, 5) is 16.4. The van der Waals surface area contributed by atoms with Gasteiger partial charge < -0.3 is 0 Å². The number of ketones is 1. The van der Waals surface area contributed by atoms with Crippen LogP contribution in [0.5, 0.6) is 0 Å². The lowest BCUT2D eigenvalue weighted by Crippen LogP contribution is -2.17. The molecule has 0 radical (unpaired) electrons. The summed E-state index contributed by atoms with van der Waals surface area (Å²) in [7, 11) is 0. The molecule has 24 heavy (non-hydrogen) atoms. The molecule has 0 unspecified atom stereocenters. The number of carbonyl (C=O) groups excluding carboxylic acids is 1. The molecule has 8 heteroatoms.